The van der Waals surface area contributed by atoms with Gasteiger partial charge in [-0.3, -0.25) is 19.7 Å². The zero-order valence-corrected chi connectivity index (χ0v) is 9.71. The third-order valence-corrected chi connectivity index (χ3v) is 2.05. The van der Waals surface area contributed by atoms with Gasteiger partial charge in [0.05, 0.1) is 12.0 Å². The van der Waals surface area contributed by atoms with Gasteiger partial charge in [0.2, 0.25) is 5.91 Å². The summed E-state index contributed by atoms with van der Waals surface area (Å²) in [5.41, 5.74) is 7.83. The fourth-order valence-electron chi connectivity index (χ4n) is 1.27. The minimum absolute atomic E-state index is 0.0532. The van der Waals surface area contributed by atoms with Crippen LogP contribution < -0.4 is 16.0 Å². The van der Waals surface area contributed by atoms with Crippen molar-refractivity contribution < 1.29 is 19.3 Å². The van der Waals surface area contributed by atoms with Gasteiger partial charge >= 0.3 is 0 Å². The first-order valence-electron chi connectivity index (χ1n) is 4.99. The summed E-state index contributed by atoms with van der Waals surface area (Å²) in [4.78, 5) is 25.3. The molecule has 0 saturated heterocycles. The topological polar surface area (TPSA) is 117 Å². The molecular weight excluding hydrogens is 242 g/mol. The highest BCUT2D eigenvalue weighted by atomic mass is 16.6. The van der Waals surface area contributed by atoms with Gasteiger partial charge in [-0.15, -0.1) is 0 Å². The molecule has 0 saturated carbocycles. The molecule has 0 aliphatic heterocycles. The number of nitrogens with one attached hydrogen (secondary N) is 1. The van der Waals surface area contributed by atoms with E-state index in [0.29, 0.717) is 11.3 Å². The monoisotopic (exact) mass is 255 g/mol. The van der Waals surface area contributed by atoms with Crippen LogP contribution in [-0.4, -0.2) is 24.5 Å². The van der Waals surface area contributed by atoms with Crippen LogP contribution in [0.1, 0.15) is 5.56 Å². The fourth-order valence-corrected chi connectivity index (χ4v) is 1.27. The Labute approximate surface area is 103 Å². The van der Waals surface area contributed by atoms with Crippen molar-refractivity contribution in [3.8, 4) is 5.75 Å². The smallest absolute Gasteiger partial charge is 0.270 e. The number of non-ortho nitro benzene ring substituents is 1. The van der Waals surface area contributed by atoms with Crippen LogP contribution in [0, 0.1) is 10.1 Å². The predicted molar refractivity (Wildman–Crippen MR) is 61.6 cm³/mol. The summed E-state index contributed by atoms with van der Waals surface area (Å²) in [6.07, 6.45) is 0. The fraction of sp³-hybridized carbons (Fsp3) is 0.300. The molecule has 0 aliphatic rings. The van der Waals surface area contributed by atoms with Crippen molar-refractivity contribution >= 4 is 11.6 Å². The summed E-state index contributed by atoms with van der Waals surface area (Å²) in [5, 5.41) is 10.6. The van der Waals surface area contributed by atoms with Crippen molar-refractivity contribution in [3.05, 3.63) is 33.9 Å². The van der Waals surface area contributed by atoms with Crippen molar-refractivity contribution in [1.82, 2.24) is 5.48 Å². The molecule has 0 bridgehead atoms. The largest absolute Gasteiger partial charge is 0.496 e. The Morgan fingerprint density at radius 3 is 2.83 bits per heavy atom. The Hall–Kier alpha value is -2.19. The Morgan fingerprint density at radius 2 is 2.28 bits per heavy atom. The molecule has 3 N–H and O–H groups in total. The number of methoxy groups -OCH3 is 1. The van der Waals surface area contributed by atoms with Gasteiger partial charge in [0.15, 0.2) is 0 Å². The van der Waals surface area contributed by atoms with Gasteiger partial charge in [-0.2, -0.15) is 5.48 Å². The highest BCUT2D eigenvalue weighted by molar-refractivity contribution is 5.74. The molecule has 0 fully saturated rings. The SMILES string of the molecule is COc1ccc([N+](=O)[O-])cc1CNOCC(N)=O. The third kappa shape index (κ3) is 4.00. The zero-order valence-electron chi connectivity index (χ0n) is 9.71. The molecule has 18 heavy (non-hydrogen) atoms. The maximum absolute atomic E-state index is 10.6. The molecule has 0 heterocycles. The molecule has 0 radical (unpaired) electrons. The number of hydrogen-bond donors (Lipinski definition) is 2. The first kappa shape index (κ1) is 13.9. The lowest BCUT2D eigenvalue weighted by Gasteiger charge is -2.09. The van der Waals surface area contributed by atoms with Crippen molar-refractivity contribution in [3.63, 3.8) is 0 Å². The lowest BCUT2D eigenvalue weighted by Crippen LogP contribution is -2.24. The number of carbonyl (C=O) groups is 1. The van der Waals surface area contributed by atoms with E-state index in [9.17, 15) is 14.9 Å². The van der Waals surface area contributed by atoms with E-state index in [0.717, 1.165) is 0 Å². The molecule has 0 atom stereocenters. The molecule has 0 unspecified atom stereocenters. The third-order valence-electron chi connectivity index (χ3n) is 2.05. The summed E-state index contributed by atoms with van der Waals surface area (Å²) >= 11 is 0. The summed E-state index contributed by atoms with van der Waals surface area (Å²) in [7, 11) is 1.45. The molecule has 1 aromatic rings. The number of nitrogens with zero attached hydrogens (tertiary/aromatic N) is 1. The van der Waals surface area contributed by atoms with Crippen LogP contribution in [0.25, 0.3) is 0 Å². The molecule has 1 rings (SSSR count). The van der Waals surface area contributed by atoms with E-state index < -0.39 is 10.8 Å². The second-order valence-corrected chi connectivity index (χ2v) is 3.33. The van der Waals surface area contributed by atoms with Gasteiger partial charge in [-0.1, -0.05) is 0 Å². The number of hydrogen-bond acceptors (Lipinski definition) is 6. The van der Waals surface area contributed by atoms with Crippen molar-refractivity contribution in [2.24, 2.45) is 5.73 Å². The number of nitro benzene ring substituents is 1. The Kier molecular flexibility index (Phi) is 5.03. The first-order valence-corrected chi connectivity index (χ1v) is 4.99. The molecule has 98 valence electrons. The quantitative estimate of drug-likeness (QED) is 0.405. The number of primary amides is 1. The van der Waals surface area contributed by atoms with E-state index in [4.69, 9.17) is 15.3 Å². The Morgan fingerprint density at radius 1 is 1.56 bits per heavy atom. The molecule has 1 aromatic carbocycles. The van der Waals surface area contributed by atoms with E-state index >= 15 is 0 Å². The summed E-state index contributed by atoms with van der Waals surface area (Å²) in [6.45, 7) is -0.130. The maximum Gasteiger partial charge on any atom is 0.270 e. The molecule has 8 heteroatoms. The average Bonchev–Trinajstić information content (AvgIpc) is 2.34. The first-order chi connectivity index (χ1) is 8.54. The Balaban J connectivity index is 2.69. The summed E-state index contributed by atoms with van der Waals surface area (Å²) < 4.78 is 5.05. The standard InChI is InChI=1S/C10H13N3O5/c1-17-9-3-2-8(13(15)16)4-7(9)5-12-18-6-10(11)14/h2-4,12H,5-6H2,1H3,(H2,11,14). The van der Waals surface area contributed by atoms with Gasteiger partial charge in [-0.05, 0) is 6.07 Å². The number of benzene rings is 1. The summed E-state index contributed by atoms with van der Waals surface area (Å²) in [5.74, 6) is -0.135. The lowest BCUT2D eigenvalue weighted by atomic mass is 10.2. The molecule has 0 spiro atoms. The highest BCUT2D eigenvalue weighted by Crippen LogP contribution is 2.23. The number of ether oxygens (including phenoxy) is 1. The molecule has 0 aliphatic carbocycles. The molecule has 1 amide bonds. The molecule has 0 aromatic heterocycles. The van der Waals surface area contributed by atoms with Gasteiger partial charge < -0.3 is 10.5 Å². The number of carbonyl (C=O) groups excluding carboxylic acids is 1. The van der Waals surface area contributed by atoms with Crippen molar-refractivity contribution in [2.45, 2.75) is 6.54 Å². The highest BCUT2D eigenvalue weighted by Gasteiger charge is 2.11. The normalized spacial score (nSPS) is 10.1. The van der Waals surface area contributed by atoms with Gasteiger partial charge in [0.1, 0.15) is 12.4 Å². The van der Waals surface area contributed by atoms with E-state index in [-0.39, 0.29) is 18.8 Å². The number of nitrogens with two attached hydrogens (primary N) is 1. The number of nitro groups is 1. The van der Waals surface area contributed by atoms with Gasteiger partial charge in [-0.25, -0.2) is 0 Å². The van der Waals surface area contributed by atoms with Crippen LogP contribution in [-0.2, 0) is 16.2 Å². The molecule has 8 nitrogen and oxygen atoms in total. The predicted octanol–water partition coefficient (Wildman–Crippen LogP) is 0.110. The second kappa shape index (κ2) is 6.52. The van der Waals surface area contributed by atoms with Gasteiger partial charge in [0.25, 0.3) is 5.69 Å². The van der Waals surface area contributed by atoms with Crippen molar-refractivity contribution in [2.75, 3.05) is 13.7 Å². The maximum atomic E-state index is 10.6. The minimum Gasteiger partial charge on any atom is -0.496 e. The van der Waals surface area contributed by atoms with Gasteiger partial charge in [0, 0.05) is 24.2 Å². The van der Waals surface area contributed by atoms with Crippen LogP contribution in [0.2, 0.25) is 0 Å². The van der Waals surface area contributed by atoms with Crippen LogP contribution >= 0.6 is 0 Å². The Bertz CT molecular complexity index is 449. The van der Waals surface area contributed by atoms with Crippen molar-refractivity contribution in [1.29, 1.82) is 0 Å². The lowest BCUT2D eigenvalue weighted by molar-refractivity contribution is -0.384. The van der Waals surface area contributed by atoms with E-state index in [1.54, 1.807) is 0 Å². The number of amides is 1. The van der Waals surface area contributed by atoms with E-state index in [1.807, 2.05) is 0 Å². The van der Waals surface area contributed by atoms with Crippen LogP contribution in [0.3, 0.4) is 0 Å². The van der Waals surface area contributed by atoms with Crippen LogP contribution in [0.15, 0.2) is 18.2 Å². The zero-order chi connectivity index (χ0) is 13.5. The minimum atomic E-state index is -0.617. The number of rotatable bonds is 7. The second-order valence-electron chi connectivity index (χ2n) is 3.33. The van der Waals surface area contributed by atoms with Crippen LogP contribution in [0.5, 0.6) is 5.75 Å². The van der Waals surface area contributed by atoms with Crippen LogP contribution in [0.4, 0.5) is 5.69 Å². The summed E-state index contributed by atoms with van der Waals surface area (Å²) in [6, 6.07) is 4.19. The average molecular weight is 255 g/mol. The van der Waals surface area contributed by atoms with E-state index in [1.165, 1.54) is 25.3 Å². The van der Waals surface area contributed by atoms with E-state index in [2.05, 4.69) is 5.48 Å². The number of hydroxylamine groups is 1. The molecular formula is C10H13N3O5.